The minimum Gasteiger partial charge on any atom is -0.495 e. The number of anilines is 1. The second-order valence-corrected chi connectivity index (χ2v) is 11.4. The summed E-state index contributed by atoms with van der Waals surface area (Å²) in [4.78, 5) is 23.9. The van der Waals surface area contributed by atoms with Crippen molar-refractivity contribution in [3.05, 3.63) is 45.4 Å². The maximum Gasteiger partial charge on any atom is 0.142 e. The molecule has 1 aliphatic carbocycles. The van der Waals surface area contributed by atoms with Crippen LogP contribution in [0.25, 0.3) is 6.08 Å². The van der Waals surface area contributed by atoms with Gasteiger partial charge in [0.25, 0.3) is 0 Å². The number of piperidine rings is 1. The minimum absolute atomic E-state index is 0.0669. The number of fused-ring (bicyclic) bond motifs is 2. The molecule has 0 radical (unpaired) electrons. The average Bonchev–Trinajstić information content (AvgIpc) is 3.37. The highest BCUT2D eigenvalue weighted by atomic mass is 32.1. The number of para-hydroxylation sites is 1. The van der Waals surface area contributed by atoms with Crippen molar-refractivity contribution in [1.29, 1.82) is 0 Å². The van der Waals surface area contributed by atoms with Crippen LogP contribution >= 0.6 is 11.3 Å². The SMILES string of the molecule is COc1cccc2c1N(CCCN1CCC(c3nc4c(s3)CC(C)C=C4)CC1)C(C)C2C(C)=O. The Morgan fingerprint density at radius 3 is 2.74 bits per heavy atom. The number of carbonyl (C=O) groups excluding carboxylic acids is 1. The number of benzene rings is 1. The first-order valence-electron chi connectivity index (χ1n) is 12.8. The lowest BCUT2D eigenvalue weighted by Gasteiger charge is -2.32. The standard InChI is InChI=1S/C28H37N3O2S/c1-18-9-10-23-25(17-18)34-28(29-23)21-11-15-30(16-12-21)13-6-14-31-19(2)26(20(3)32)22-7-5-8-24(33-4)27(22)31/h5,7-10,18-19,21,26H,6,11-17H2,1-4H3. The number of thiazole rings is 1. The highest BCUT2D eigenvalue weighted by molar-refractivity contribution is 7.12. The topological polar surface area (TPSA) is 45.7 Å². The Balaban J connectivity index is 1.16. The summed E-state index contributed by atoms with van der Waals surface area (Å²) in [5.41, 5.74) is 3.46. The fraction of sp³-hybridized carbons (Fsp3) is 0.571. The van der Waals surface area contributed by atoms with Crippen LogP contribution in [0.1, 0.15) is 73.0 Å². The summed E-state index contributed by atoms with van der Waals surface area (Å²) < 4.78 is 5.68. The maximum atomic E-state index is 12.4. The summed E-state index contributed by atoms with van der Waals surface area (Å²) in [6.07, 6.45) is 9.16. The molecule has 3 atom stereocenters. The fourth-order valence-corrected chi connectivity index (χ4v) is 7.46. The molecule has 3 unspecified atom stereocenters. The van der Waals surface area contributed by atoms with Crippen LogP contribution in [0, 0.1) is 5.92 Å². The lowest BCUT2D eigenvalue weighted by molar-refractivity contribution is -0.118. The van der Waals surface area contributed by atoms with Gasteiger partial charge in [-0.05, 0) is 82.8 Å². The lowest BCUT2D eigenvalue weighted by atomic mass is 9.92. The number of Topliss-reactive ketones (excluding diaryl/α,β-unsaturated/α-hetero) is 1. The van der Waals surface area contributed by atoms with Crippen molar-refractivity contribution in [1.82, 2.24) is 9.88 Å². The Morgan fingerprint density at radius 1 is 1.21 bits per heavy atom. The predicted octanol–water partition coefficient (Wildman–Crippen LogP) is 5.51. The summed E-state index contributed by atoms with van der Waals surface area (Å²) in [5, 5.41) is 1.35. The number of allylic oxidation sites excluding steroid dienone is 1. The first-order chi connectivity index (χ1) is 16.5. The predicted molar refractivity (Wildman–Crippen MR) is 140 cm³/mol. The van der Waals surface area contributed by atoms with Gasteiger partial charge in [-0.25, -0.2) is 4.98 Å². The van der Waals surface area contributed by atoms with Crippen molar-refractivity contribution in [3.8, 4) is 5.75 Å². The Hall–Kier alpha value is -2.18. The molecule has 0 N–H and O–H groups in total. The Bertz CT molecular complexity index is 1070. The van der Waals surface area contributed by atoms with Gasteiger partial charge in [0, 0.05) is 23.4 Å². The number of ether oxygens (including phenoxy) is 1. The van der Waals surface area contributed by atoms with Gasteiger partial charge in [0.1, 0.15) is 11.5 Å². The zero-order chi connectivity index (χ0) is 23.8. The van der Waals surface area contributed by atoms with E-state index in [0.29, 0.717) is 11.8 Å². The molecule has 0 saturated carbocycles. The Kier molecular flexibility index (Phi) is 6.81. The van der Waals surface area contributed by atoms with Crippen LogP contribution in [-0.4, -0.2) is 55.0 Å². The van der Waals surface area contributed by atoms with E-state index in [1.807, 2.05) is 23.5 Å². The van der Waals surface area contributed by atoms with Gasteiger partial charge in [0.2, 0.25) is 0 Å². The molecule has 2 aromatic rings. The van der Waals surface area contributed by atoms with Crippen molar-refractivity contribution < 1.29 is 9.53 Å². The summed E-state index contributed by atoms with van der Waals surface area (Å²) in [5.74, 6) is 2.30. The minimum atomic E-state index is -0.0669. The van der Waals surface area contributed by atoms with Gasteiger partial charge >= 0.3 is 0 Å². The van der Waals surface area contributed by atoms with Gasteiger partial charge in [-0.15, -0.1) is 11.3 Å². The molecule has 3 heterocycles. The number of aromatic nitrogens is 1. The highest BCUT2D eigenvalue weighted by Gasteiger charge is 2.39. The molecular formula is C28H37N3O2S. The van der Waals surface area contributed by atoms with Crippen LogP contribution in [0.2, 0.25) is 0 Å². The molecule has 0 spiro atoms. The van der Waals surface area contributed by atoms with E-state index >= 15 is 0 Å². The van der Waals surface area contributed by atoms with E-state index < -0.39 is 0 Å². The summed E-state index contributed by atoms with van der Waals surface area (Å²) in [6.45, 7) is 10.5. The quantitative estimate of drug-likeness (QED) is 0.524. The second-order valence-electron chi connectivity index (χ2n) is 10.3. The van der Waals surface area contributed by atoms with Crippen molar-refractivity contribution in [2.24, 2.45) is 5.92 Å². The van der Waals surface area contributed by atoms with Gasteiger partial charge in [-0.1, -0.05) is 25.1 Å². The summed E-state index contributed by atoms with van der Waals surface area (Å²) >= 11 is 1.95. The molecule has 34 heavy (non-hydrogen) atoms. The van der Waals surface area contributed by atoms with E-state index in [0.717, 1.165) is 56.0 Å². The highest BCUT2D eigenvalue weighted by Crippen LogP contribution is 2.46. The number of carbonyl (C=O) groups is 1. The van der Waals surface area contributed by atoms with E-state index in [9.17, 15) is 4.79 Å². The van der Waals surface area contributed by atoms with Crippen molar-refractivity contribution in [3.63, 3.8) is 0 Å². The van der Waals surface area contributed by atoms with Crippen LogP contribution < -0.4 is 9.64 Å². The molecule has 1 aromatic heterocycles. The number of hydrogen-bond donors (Lipinski definition) is 0. The van der Waals surface area contributed by atoms with Gasteiger partial charge in [-0.3, -0.25) is 4.79 Å². The van der Waals surface area contributed by atoms with Crippen LogP contribution in [-0.2, 0) is 11.2 Å². The van der Waals surface area contributed by atoms with Crippen LogP contribution in [0.5, 0.6) is 5.75 Å². The number of hydrogen-bond acceptors (Lipinski definition) is 6. The molecule has 5 nitrogen and oxygen atoms in total. The number of rotatable bonds is 7. The molecule has 1 aromatic carbocycles. The van der Waals surface area contributed by atoms with Gasteiger partial charge in [0.05, 0.1) is 29.4 Å². The zero-order valence-corrected chi connectivity index (χ0v) is 21.7. The first kappa shape index (κ1) is 23.6. The molecule has 1 fully saturated rings. The normalized spacial score (nSPS) is 24.8. The molecular weight excluding hydrogens is 442 g/mol. The molecule has 5 rings (SSSR count). The Labute approximate surface area is 207 Å². The lowest BCUT2D eigenvalue weighted by Crippen LogP contribution is -2.38. The van der Waals surface area contributed by atoms with Crippen molar-refractivity contribution in [2.45, 2.75) is 64.3 Å². The third-order valence-corrected chi connectivity index (χ3v) is 9.18. The second kappa shape index (κ2) is 9.82. The van der Waals surface area contributed by atoms with E-state index in [2.05, 4.69) is 41.9 Å². The summed E-state index contributed by atoms with van der Waals surface area (Å²) in [6, 6.07) is 6.28. The number of nitrogens with zero attached hydrogens (tertiary/aromatic N) is 3. The Morgan fingerprint density at radius 2 is 2.00 bits per heavy atom. The van der Waals surface area contributed by atoms with Crippen molar-refractivity contribution in [2.75, 3.05) is 38.2 Å². The third-order valence-electron chi connectivity index (χ3n) is 7.93. The van der Waals surface area contributed by atoms with Gasteiger partial charge in [0.15, 0.2) is 0 Å². The van der Waals surface area contributed by atoms with Crippen LogP contribution in [0.3, 0.4) is 0 Å². The van der Waals surface area contributed by atoms with Crippen LogP contribution in [0.15, 0.2) is 24.3 Å². The van der Waals surface area contributed by atoms with Crippen LogP contribution in [0.4, 0.5) is 5.69 Å². The van der Waals surface area contributed by atoms with E-state index in [4.69, 9.17) is 9.72 Å². The fourth-order valence-electron chi connectivity index (χ4n) is 6.10. The monoisotopic (exact) mass is 479 g/mol. The van der Waals surface area contributed by atoms with Gasteiger partial charge < -0.3 is 14.5 Å². The molecule has 3 aliphatic rings. The third kappa shape index (κ3) is 4.42. The van der Waals surface area contributed by atoms with Crippen molar-refractivity contribution >= 4 is 28.9 Å². The van der Waals surface area contributed by atoms with E-state index in [-0.39, 0.29) is 17.7 Å². The van der Waals surface area contributed by atoms with E-state index in [1.54, 1.807) is 14.0 Å². The molecule has 6 heteroatoms. The van der Waals surface area contributed by atoms with Gasteiger partial charge in [-0.2, -0.15) is 0 Å². The number of likely N-dealkylation sites (tertiary alicyclic amines) is 1. The first-order valence-corrected chi connectivity index (χ1v) is 13.6. The summed E-state index contributed by atoms with van der Waals surface area (Å²) in [7, 11) is 1.72. The average molecular weight is 480 g/mol. The molecule has 182 valence electrons. The zero-order valence-electron chi connectivity index (χ0n) is 20.9. The molecule has 0 bridgehead atoms. The molecule has 0 amide bonds. The molecule has 1 saturated heterocycles. The number of ketones is 1. The largest absolute Gasteiger partial charge is 0.495 e. The smallest absolute Gasteiger partial charge is 0.142 e. The maximum absolute atomic E-state index is 12.4. The molecule has 2 aliphatic heterocycles. The number of methoxy groups -OCH3 is 1. The van der Waals surface area contributed by atoms with E-state index in [1.165, 1.54) is 28.4 Å².